The minimum absolute atomic E-state index is 0.265. The van der Waals surface area contributed by atoms with Crippen LogP contribution in [-0.2, 0) is 28.5 Å². The van der Waals surface area contributed by atoms with Crippen molar-refractivity contribution in [2.45, 2.75) is 550 Å². The van der Waals surface area contributed by atoms with E-state index in [0.717, 1.165) is 88.9 Å². The molecule has 0 radical (unpaired) electrons. The summed E-state index contributed by atoms with van der Waals surface area (Å²) in [6, 6.07) is -2.32. The normalized spacial score (nSPS) is 22.2. The molecular formula is C94H186N2O20. The van der Waals surface area contributed by atoms with Gasteiger partial charge in [0.05, 0.1) is 50.7 Å². The van der Waals surface area contributed by atoms with Gasteiger partial charge in [-0.1, -0.05) is 414 Å². The Labute approximate surface area is 707 Å². The zero-order valence-electron chi connectivity index (χ0n) is 74.9. The van der Waals surface area contributed by atoms with E-state index in [4.69, 9.17) is 18.9 Å². The fraction of sp³-hybridized carbons (Fsp3) is 0.979. The molecule has 0 aliphatic carbocycles. The predicted octanol–water partition coefficient (Wildman–Crippen LogP) is 16.3. The highest BCUT2D eigenvalue weighted by Crippen LogP contribution is 2.27. The standard InChI is InChI=1S/2C47H93NO10/c1-4-5-6-7-8-9-10-11-12-13-14-15-16-17-18-21-25-28-31-34-40(51)46(56)48-38(36-57-47-45(55)44(54)43(53)41(35-49)58-47)42(52)39(50)33-30-27-24-22-19-20-23-26-29-32-37(2)3;1-4-6-7-8-9-10-11-12-13-14-15-16-17-18-19-20-25-28-31-34-40(51)46(56)48-38(36-57-47-45(55)44(54)43(53)41(35-49)58-47)42(52)39(50)33-30-27-24-22-21-23-26-29-32-37(3)5-2/h2*37-45,47,49-55H,4-36H2,1-3H3,(H,48,56)/t38-,39+,40+,41+,42-,43-,44-,45+,47-;37?,38-,39+,40+,41+,42-,43-,44-,45+,47-/m00/s1. The van der Waals surface area contributed by atoms with Gasteiger partial charge in [-0.2, -0.15) is 0 Å². The van der Waals surface area contributed by atoms with Crippen LogP contribution in [0.4, 0.5) is 0 Å². The maximum Gasteiger partial charge on any atom is 0.249 e. The van der Waals surface area contributed by atoms with E-state index in [-0.39, 0.29) is 12.8 Å². The number of unbranched alkanes of at least 4 members (excludes halogenated alkanes) is 51. The van der Waals surface area contributed by atoms with Crippen LogP contribution in [0, 0.1) is 11.8 Å². The number of amides is 2. The average molecular weight is 1660 g/mol. The molecule has 2 rings (SSSR count). The summed E-state index contributed by atoms with van der Waals surface area (Å²) in [6.45, 7) is 11.5. The zero-order chi connectivity index (χ0) is 85.6. The molecule has 116 heavy (non-hydrogen) atoms. The number of hydrogen-bond acceptors (Lipinski definition) is 20. The summed E-state index contributed by atoms with van der Waals surface area (Å²) in [5, 5.41) is 151. The number of rotatable bonds is 80. The van der Waals surface area contributed by atoms with Gasteiger partial charge in [-0.3, -0.25) is 9.59 Å². The molecule has 0 aromatic heterocycles. The summed E-state index contributed by atoms with van der Waals surface area (Å²) < 4.78 is 22.2. The molecule has 0 bridgehead atoms. The van der Waals surface area contributed by atoms with Gasteiger partial charge in [0.15, 0.2) is 12.6 Å². The van der Waals surface area contributed by atoms with E-state index in [1.807, 2.05) is 0 Å². The molecule has 22 nitrogen and oxygen atoms in total. The van der Waals surface area contributed by atoms with Crippen molar-refractivity contribution in [3.8, 4) is 0 Å². The Bertz CT molecular complexity index is 2140. The number of aliphatic hydroxyl groups is 14. The number of nitrogens with one attached hydrogen (secondary N) is 2. The van der Waals surface area contributed by atoms with Crippen LogP contribution in [-0.4, -0.2) is 220 Å². The van der Waals surface area contributed by atoms with Crippen molar-refractivity contribution in [3.05, 3.63) is 0 Å². The second kappa shape index (κ2) is 76.8. The molecule has 2 heterocycles. The Morgan fingerprint density at radius 1 is 0.302 bits per heavy atom. The fourth-order valence-electron chi connectivity index (χ4n) is 16.0. The minimum Gasteiger partial charge on any atom is -0.394 e. The second-order valence-electron chi connectivity index (χ2n) is 35.8. The first-order valence-electron chi connectivity index (χ1n) is 48.6. The van der Waals surface area contributed by atoms with Crippen molar-refractivity contribution in [2.75, 3.05) is 26.4 Å². The summed E-state index contributed by atoms with van der Waals surface area (Å²) in [4.78, 5) is 26.2. The lowest BCUT2D eigenvalue weighted by Crippen LogP contribution is -2.60. The van der Waals surface area contributed by atoms with Gasteiger partial charge in [-0.15, -0.1) is 0 Å². The van der Waals surface area contributed by atoms with E-state index < -0.39 is 148 Å². The number of aliphatic hydroxyl groups excluding tert-OH is 14. The van der Waals surface area contributed by atoms with Crippen LogP contribution in [0.25, 0.3) is 0 Å². The summed E-state index contributed by atoms with van der Waals surface area (Å²) in [7, 11) is 0. The summed E-state index contributed by atoms with van der Waals surface area (Å²) >= 11 is 0. The minimum atomic E-state index is -1.66. The van der Waals surface area contributed by atoms with Crippen LogP contribution in [0.1, 0.15) is 440 Å². The third-order valence-electron chi connectivity index (χ3n) is 24.5. The molecule has 22 heteroatoms. The molecule has 0 saturated carbocycles. The molecule has 0 spiro atoms. The van der Waals surface area contributed by atoms with Gasteiger partial charge < -0.3 is 101 Å². The smallest absolute Gasteiger partial charge is 0.249 e. The van der Waals surface area contributed by atoms with Gasteiger partial charge in [0, 0.05) is 0 Å². The lowest BCUT2D eigenvalue weighted by atomic mass is 9.98. The van der Waals surface area contributed by atoms with Gasteiger partial charge in [-0.05, 0) is 37.5 Å². The maximum absolute atomic E-state index is 13.1. The van der Waals surface area contributed by atoms with E-state index >= 15 is 0 Å². The first kappa shape index (κ1) is 112. The SMILES string of the molecule is CCCCCCCCCCCCCCCCCCCCC[C@@H](O)C(=O)N[C@@H](CO[C@H]1O[C@H](CO)[C@H](O)[C@H](O)[C@H]1O)[C@H](O)[C@H](O)CCCCCCCCCCC(C)CC.CCCCCCCCCCCCCCCCCCCCC[C@@H](O)C(=O)N[C@@H](CO[C@H]1O[C@H](CO)[C@H](O)[C@H](O)[C@H]1O)[C@H](O)[C@H](O)CCCCCCCCCCCC(C)C. The molecular weight excluding hydrogens is 1480 g/mol. The van der Waals surface area contributed by atoms with Crippen LogP contribution >= 0.6 is 0 Å². The van der Waals surface area contributed by atoms with E-state index in [2.05, 4.69) is 52.2 Å². The molecule has 2 aliphatic heterocycles. The molecule has 0 aromatic carbocycles. The van der Waals surface area contributed by atoms with Crippen LogP contribution in [0.2, 0.25) is 0 Å². The van der Waals surface area contributed by atoms with Gasteiger partial charge in [0.2, 0.25) is 11.8 Å². The highest BCUT2D eigenvalue weighted by Gasteiger charge is 2.46. The van der Waals surface area contributed by atoms with Crippen LogP contribution in [0.5, 0.6) is 0 Å². The molecule has 0 aromatic rings. The summed E-state index contributed by atoms with van der Waals surface area (Å²) in [5.74, 6) is 0.174. The average Bonchev–Trinajstić information content (AvgIpc) is 0.821. The highest BCUT2D eigenvalue weighted by atomic mass is 16.7. The number of carbonyl (C=O) groups excluding carboxylic acids is 2. The van der Waals surface area contributed by atoms with Gasteiger partial charge in [0.25, 0.3) is 0 Å². The van der Waals surface area contributed by atoms with Crippen molar-refractivity contribution in [1.29, 1.82) is 0 Å². The molecule has 2 amide bonds. The van der Waals surface area contributed by atoms with Gasteiger partial charge in [0.1, 0.15) is 73.2 Å². The monoisotopic (exact) mass is 1660 g/mol. The number of carbonyl (C=O) groups is 2. The van der Waals surface area contributed by atoms with E-state index in [9.17, 15) is 81.1 Å². The summed E-state index contributed by atoms with van der Waals surface area (Å²) in [5.41, 5.74) is 0. The molecule has 692 valence electrons. The van der Waals surface area contributed by atoms with Gasteiger partial charge in [-0.25, -0.2) is 0 Å². The van der Waals surface area contributed by atoms with Crippen molar-refractivity contribution >= 4 is 11.8 Å². The first-order valence-corrected chi connectivity index (χ1v) is 48.6. The van der Waals surface area contributed by atoms with E-state index in [0.29, 0.717) is 38.5 Å². The number of hydrogen-bond donors (Lipinski definition) is 16. The van der Waals surface area contributed by atoms with Crippen LogP contribution < -0.4 is 10.6 Å². The molecule has 2 saturated heterocycles. The molecule has 16 N–H and O–H groups in total. The van der Waals surface area contributed by atoms with Crippen LogP contribution in [0.3, 0.4) is 0 Å². The summed E-state index contributed by atoms with van der Waals surface area (Å²) in [6.07, 6.45) is 48.9. The highest BCUT2D eigenvalue weighted by molar-refractivity contribution is 5.81. The molecule has 19 atom stereocenters. The quantitative estimate of drug-likeness (QED) is 0.0252. The van der Waals surface area contributed by atoms with E-state index in [1.54, 1.807) is 0 Å². The Morgan fingerprint density at radius 2 is 0.526 bits per heavy atom. The Balaban J connectivity index is 0.00000116. The van der Waals surface area contributed by atoms with Crippen LogP contribution in [0.15, 0.2) is 0 Å². The van der Waals surface area contributed by atoms with Gasteiger partial charge >= 0.3 is 0 Å². The molecule has 2 aliphatic rings. The predicted molar refractivity (Wildman–Crippen MR) is 467 cm³/mol. The third-order valence-corrected chi connectivity index (χ3v) is 24.5. The largest absolute Gasteiger partial charge is 0.394 e. The lowest BCUT2D eigenvalue weighted by molar-refractivity contribution is -0.303. The fourth-order valence-corrected chi connectivity index (χ4v) is 16.0. The van der Waals surface area contributed by atoms with Crippen molar-refractivity contribution in [1.82, 2.24) is 10.6 Å². The Kier molecular flexibility index (Phi) is 74.3. The Morgan fingerprint density at radius 3 is 0.759 bits per heavy atom. The van der Waals surface area contributed by atoms with Crippen molar-refractivity contribution in [3.63, 3.8) is 0 Å². The number of ether oxygens (including phenoxy) is 4. The maximum atomic E-state index is 13.1. The molecule has 1 unspecified atom stereocenters. The Hall–Kier alpha value is -1.78. The zero-order valence-corrected chi connectivity index (χ0v) is 74.9. The topological polar surface area (TPSA) is 378 Å². The molecule has 2 fully saturated rings. The lowest BCUT2D eigenvalue weighted by Gasteiger charge is -2.40. The first-order chi connectivity index (χ1) is 56.1. The van der Waals surface area contributed by atoms with Crippen molar-refractivity contribution < 1.29 is 100 Å². The second-order valence-corrected chi connectivity index (χ2v) is 35.8. The van der Waals surface area contributed by atoms with E-state index in [1.165, 1.54) is 270 Å². The van der Waals surface area contributed by atoms with Crippen molar-refractivity contribution in [2.24, 2.45) is 11.8 Å². The third kappa shape index (κ3) is 57.6.